The normalized spacial score (nSPS) is 12.5. The number of carbonyl (C=O) groups is 1. The number of sulfonamides is 2. The van der Waals surface area contributed by atoms with Crippen LogP contribution in [0.25, 0.3) is 0 Å². The van der Waals surface area contributed by atoms with Crippen molar-refractivity contribution in [3.63, 3.8) is 0 Å². The van der Waals surface area contributed by atoms with Gasteiger partial charge in [-0.15, -0.1) is 0 Å². The van der Waals surface area contributed by atoms with Crippen molar-refractivity contribution < 1.29 is 26.4 Å². The number of hydrogen-bond acceptors (Lipinski definition) is 6. The molecule has 3 aromatic carbocycles. The highest BCUT2D eigenvalue weighted by Crippen LogP contribution is 2.31. The van der Waals surface area contributed by atoms with Gasteiger partial charge in [0.2, 0.25) is 15.9 Å². The number of rotatable bonds is 9. The number of methoxy groups -OCH3 is 1. The molecule has 1 amide bonds. The molecule has 0 fully saturated rings. The largest absolute Gasteiger partial charge is 0.495 e. The average Bonchev–Trinajstić information content (AvgIpc) is 2.81. The van der Waals surface area contributed by atoms with E-state index in [0.717, 1.165) is 10.6 Å². The van der Waals surface area contributed by atoms with Gasteiger partial charge in [0.05, 0.1) is 34.7 Å². The molecule has 0 unspecified atom stereocenters. The molecule has 3 rings (SSSR count). The second-order valence-electron chi connectivity index (χ2n) is 8.09. The van der Waals surface area contributed by atoms with Gasteiger partial charge in [-0.3, -0.25) is 13.8 Å². The summed E-state index contributed by atoms with van der Waals surface area (Å²) < 4.78 is 59.2. The number of halogens is 2. The number of anilines is 3. The zero-order valence-corrected chi connectivity index (χ0v) is 23.5. The van der Waals surface area contributed by atoms with E-state index in [0.29, 0.717) is 22.0 Å². The van der Waals surface area contributed by atoms with Gasteiger partial charge >= 0.3 is 0 Å². The average molecular weight is 587 g/mol. The molecule has 3 aromatic rings. The molecule has 198 valence electrons. The highest BCUT2D eigenvalue weighted by molar-refractivity contribution is 7.92. The molecule has 9 nitrogen and oxygen atoms in total. The number of nitrogens with one attached hydrogen (secondary N) is 2. The lowest BCUT2D eigenvalue weighted by molar-refractivity contribution is -0.116. The van der Waals surface area contributed by atoms with E-state index >= 15 is 0 Å². The van der Waals surface area contributed by atoms with Crippen molar-refractivity contribution in [3.05, 3.63) is 76.3 Å². The first-order valence-corrected chi connectivity index (χ1v) is 14.8. The van der Waals surface area contributed by atoms with Gasteiger partial charge < -0.3 is 10.1 Å². The summed E-state index contributed by atoms with van der Waals surface area (Å²) in [6.07, 6.45) is 0.975. The van der Waals surface area contributed by atoms with Gasteiger partial charge in [-0.1, -0.05) is 29.3 Å². The van der Waals surface area contributed by atoms with Gasteiger partial charge in [-0.05, 0) is 74.0 Å². The van der Waals surface area contributed by atoms with Gasteiger partial charge in [-0.2, -0.15) is 0 Å². The van der Waals surface area contributed by atoms with E-state index in [2.05, 4.69) is 10.0 Å². The Morgan fingerprint density at radius 1 is 0.973 bits per heavy atom. The molecule has 13 heteroatoms. The summed E-state index contributed by atoms with van der Waals surface area (Å²) in [4.78, 5) is 12.9. The van der Waals surface area contributed by atoms with Crippen molar-refractivity contribution >= 4 is 66.2 Å². The van der Waals surface area contributed by atoms with E-state index in [9.17, 15) is 21.6 Å². The Morgan fingerprint density at radius 2 is 1.62 bits per heavy atom. The fourth-order valence-corrected chi connectivity index (χ4v) is 6.20. The van der Waals surface area contributed by atoms with Crippen molar-refractivity contribution in [3.8, 4) is 5.75 Å². The van der Waals surface area contributed by atoms with Crippen LogP contribution in [0.4, 0.5) is 17.1 Å². The van der Waals surface area contributed by atoms with Gasteiger partial charge in [0.1, 0.15) is 11.8 Å². The van der Waals surface area contributed by atoms with Crippen LogP contribution in [-0.4, -0.2) is 42.2 Å². The number of nitrogens with zero attached hydrogens (tertiary/aromatic N) is 1. The second-order valence-corrected chi connectivity index (χ2v) is 12.4. The Bertz CT molecular complexity index is 1530. The third-order valence-electron chi connectivity index (χ3n) is 5.42. The van der Waals surface area contributed by atoms with E-state index in [1.807, 2.05) is 0 Å². The van der Waals surface area contributed by atoms with Crippen LogP contribution in [0.3, 0.4) is 0 Å². The molecular formula is C24H25Cl2N3O6S2. The molecule has 0 radical (unpaired) electrons. The maximum atomic E-state index is 13.0. The number of ether oxygens (including phenoxy) is 1. The number of amides is 1. The molecule has 0 heterocycles. The molecule has 0 bridgehead atoms. The predicted octanol–water partition coefficient (Wildman–Crippen LogP) is 4.90. The standard InChI is InChI=1S/C24H25Cl2N3O6S2/c1-15-20(25)6-5-7-22(15)28-37(33,34)19-11-8-17(9-12-19)27-24(30)16(2)29(36(4,31)32)18-10-13-23(35-3)21(26)14-18/h5-14,16,28H,1-4H3,(H,27,30)/t16-/m0/s1. The van der Waals surface area contributed by atoms with Gasteiger partial charge in [0, 0.05) is 10.7 Å². The lowest BCUT2D eigenvalue weighted by Crippen LogP contribution is -2.45. The van der Waals surface area contributed by atoms with Crippen LogP contribution < -0.4 is 19.1 Å². The molecule has 0 aliphatic heterocycles. The molecule has 0 saturated carbocycles. The van der Waals surface area contributed by atoms with Crippen LogP contribution in [0.15, 0.2) is 65.6 Å². The maximum absolute atomic E-state index is 13.0. The minimum atomic E-state index is -3.92. The van der Waals surface area contributed by atoms with Crippen LogP contribution in [0, 0.1) is 6.92 Å². The second kappa shape index (κ2) is 11.2. The SMILES string of the molecule is COc1ccc(N([C@@H](C)C(=O)Nc2ccc(S(=O)(=O)Nc3cccc(Cl)c3C)cc2)S(C)(=O)=O)cc1Cl. The third-order valence-corrected chi connectivity index (χ3v) is 8.75. The van der Waals surface area contributed by atoms with Crippen molar-refractivity contribution in [1.82, 2.24) is 0 Å². The Hall–Kier alpha value is -2.99. The van der Waals surface area contributed by atoms with E-state index in [1.165, 1.54) is 56.5 Å². The third kappa shape index (κ3) is 6.67. The van der Waals surface area contributed by atoms with Gasteiger partial charge in [-0.25, -0.2) is 16.8 Å². The molecule has 37 heavy (non-hydrogen) atoms. The summed E-state index contributed by atoms with van der Waals surface area (Å²) in [7, 11) is -6.37. The maximum Gasteiger partial charge on any atom is 0.261 e. The van der Waals surface area contributed by atoms with Crippen molar-refractivity contribution in [2.45, 2.75) is 24.8 Å². The molecule has 0 saturated heterocycles. The zero-order valence-electron chi connectivity index (χ0n) is 20.3. The number of carbonyl (C=O) groups excluding carboxylic acids is 1. The number of benzene rings is 3. The Labute approximate surface area is 226 Å². The Balaban J connectivity index is 1.79. The van der Waals surface area contributed by atoms with Gasteiger partial charge in [0.15, 0.2) is 0 Å². The highest BCUT2D eigenvalue weighted by Gasteiger charge is 2.30. The molecule has 1 atom stereocenters. The molecule has 2 N–H and O–H groups in total. The summed E-state index contributed by atoms with van der Waals surface area (Å²) in [6.45, 7) is 3.12. The minimum absolute atomic E-state index is 0.0384. The zero-order chi connectivity index (χ0) is 27.5. The molecule has 0 spiro atoms. The summed E-state index contributed by atoms with van der Waals surface area (Å²) in [5, 5.41) is 3.21. The summed E-state index contributed by atoms with van der Waals surface area (Å²) in [6, 6.07) is 13.5. The smallest absolute Gasteiger partial charge is 0.261 e. The lowest BCUT2D eigenvalue weighted by Gasteiger charge is -2.28. The van der Waals surface area contributed by atoms with Crippen LogP contribution >= 0.6 is 23.2 Å². The fourth-order valence-electron chi connectivity index (χ4n) is 3.49. The summed E-state index contributed by atoms with van der Waals surface area (Å²) in [5.74, 6) is -0.285. The molecule has 0 aliphatic carbocycles. The molecular weight excluding hydrogens is 561 g/mol. The van der Waals surface area contributed by atoms with Crippen LogP contribution in [-0.2, 0) is 24.8 Å². The highest BCUT2D eigenvalue weighted by atomic mass is 35.5. The fraction of sp³-hybridized carbons (Fsp3) is 0.208. The summed E-state index contributed by atoms with van der Waals surface area (Å²) >= 11 is 12.2. The summed E-state index contributed by atoms with van der Waals surface area (Å²) in [5.41, 5.74) is 1.38. The van der Waals surface area contributed by atoms with Crippen molar-refractivity contribution in [2.75, 3.05) is 27.7 Å². The van der Waals surface area contributed by atoms with Gasteiger partial charge in [0.25, 0.3) is 10.0 Å². The van der Waals surface area contributed by atoms with E-state index in [1.54, 1.807) is 25.1 Å². The quantitative estimate of drug-likeness (QED) is 0.368. The van der Waals surface area contributed by atoms with E-state index in [4.69, 9.17) is 27.9 Å². The minimum Gasteiger partial charge on any atom is -0.495 e. The van der Waals surface area contributed by atoms with Crippen LogP contribution in [0.2, 0.25) is 10.0 Å². The number of hydrogen-bond donors (Lipinski definition) is 2. The van der Waals surface area contributed by atoms with E-state index < -0.39 is 32.0 Å². The van der Waals surface area contributed by atoms with Crippen LogP contribution in [0.1, 0.15) is 12.5 Å². The predicted molar refractivity (Wildman–Crippen MR) is 147 cm³/mol. The van der Waals surface area contributed by atoms with Crippen molar-refractivity contribution in [1.29, 1.82) is 0 Å². The van der Waals surface area contributed by atoms with E-state index in [-0.39, 0.29) is 21.3 Å². The molecule has 0 aromatic heterocycles. The molecule has 0 aliphatic rings. The lowest BCUT2D eigenvalue weighted by atomic mass is 10.2. The Kier molecular flexibility index (Phi) is 8.63. The van der Waals surface area contributed by atoms with Crippen LogP contribution in [0.5, 0.6) is 5.75 Å². The van der Waals surface area contributed by atoms with Crippen molar-refractivity contribution in [2.24, 2.45) is 0 Å². The first-order valence-electron chi connectivity index (χ1n) is 10.8. The topological polar surface area (TPSA) is 122 Å². The monoisotopic (exact) mass is 585 g/mol. The first-order chi connectivity index (χ1) is 17.2. The first kappa shape index (κ1) is 28.6. The Morgan fingerprint density at radius 3 is 2.19 bits per heavy atom.